The van der Waals surface area contributed by atoms with E-state index in [0.29, 0.717) is 18.0 Å². The van der Waals surface area contributed by atoms with Crippen molar-refractivity contribution >= 4 is 34.5 Å². The summed E-state index contributed by atoms with van der Waals surface area (Å²) in [6.45, 7) is 0.259. The molecule has 1 aliphatic rings. The predicted molar refractivity (Wildman–Crippen MR) is 120 cm³/mol. The van der Waals surface area contributed by atoms with E-state index in [1.165, 1.54) is 5.56 Å². The van der Waals surface area contributed by atoms with E-state index in [2.05, 4.69) is 22.4 Å². The third kappa shape index (κ3) is 5.39. The number of thioether (sulfide) groups is 1. The Bertz CT molecular complexity index is 1040. The van der Waals surface area contributed by atoms with Gasteiger partial charge >= 0.3 is 5.97 Å². The first kappa shape index (κ1) is 20.4. The van der Waals surface area contributed by atoms with Crippen LogP contribution in [0.1, 0.15) is 40.4 Å². The quantitative estimate of drug-likeness (QED) is 0.412. The molecular weight excluding hydrogens is 396 g/mol. The largest absolute Gasteiger partial charge is 0.452 e. The van der Waals surface area contributed by atoms with Crippen LogP contribution in [0.4, 0.5) is 0 Å². The Balaban J connectivity index is 1.26. The van der Waals surface area contributed by atoms with Gasteiger partial charge in [0.15, 0.2) is 6.61 Å². The standard InChI is InChI=1S/C24H24N2O3S/c27-23(25-12-13-30-16-17-6-2-1-3-7-17)15-29-24(28)20-14-22(18-10-11-18)26-21-9-5-4-8-19(20)21/h1-9,14,18H,10-13,15-16H2,(H,25,27). The lowest BCUT2D eigenvalue weighted by atomic mass is 10.1. The van der Waals surface area contributed by atoms with Gasteiger partial charge in [0.2, 0.25) is 0 Å². The van der Waals surface area contributed by atoms with Crippen LogP contribution in [0.2, 0.25) is 0 Å². The van der Waals surface area contributed by atoms with Gasteiger partial charge < -0.3 is 10.1 Å². The third-order valence-corrected chi connectivity index (χ3v) is 6.00. The van der Waals surface area contributed by atoms with Crippen LogP contribution in [-0.2, 0) is 15.3 Å². The maximum atomic E-state index is 12.7. The summed E-state index contributed by atoms with van der Waals surface area (Å²) in [5, 5.41) is 3.56. The summed E-state index contributed by atoms with van der Waals surface area (Å²) < 4.78 is 5.29. The number of benzene rings is 2. The molecule has 5 nitrogen and oxygen atoms in total. The van der Waals surface area contributed by atoms with E-state index in [9.17, 15) is 9.59 Å². The summed E-state index contributed by atoms with van der Waals surface area (Å²) in [5.41, 5.74) is 3.46. The number of fused-ring (bicyclic) bond motifs is 1. The molecule has 0 saturated heterocycles. The Hall–Kier alpha value is -2.86. The number of para-hydroxylation sites is 1. The van der Waals surface area contributed by atoms with E-state index in [1.54, 1.807) is 11.8 Å². The van der Waals surface area contributed by atoms with Crippen LogP contribution in [0.15, 0.2) is 60.7 Å². The number of pyridine rings is 1. The van der Waals surface area contributed by atoms with Crippen LogP contribution in [0, 0.1) is 0 Å². The lowest BCUT2D eigenvalue weighted by Crippen LogP contribution is -2.30. The maximum Gasteiger partial charge on any atom is 0.339 e. The number of ether oxygens (including phenoxy) is 1. The van der Waals surface area contributed by atoms with Crippen molar-refractivity contribution in [3.63, 3.8) is 0 Å². The van der Waals surface area contributed by atoms with Gasteiger partial charge in [-0.25, -0.2) is 4.79 Å². The molecule has 0 radical (unpaired) electrons. The summed E-state index contributed by atoms with van der Waals surface area (Å²) in [4.78, 5) is 29.4. The minimum Gasteiger partial charge on any atom is -0.452 e. The van der Waals surface area contributed by atoms with E-state index in [4.69, 9.17) is 4.74 Å². The van der Waals surface area contributed by atoms with Crippen molar-refractivity contribution in [2.24, 2.45) is 0 Å². The van der Waals surface area contributed by atoms with Crippen molar-refractivity contribution in [1.82, 2.24) is 10.3 Å². The molecule has 0 spiro atoms. The monoisotopic (exact) mass is 420 g/mol. The Kier molecular flexibility index (Phi) is 6.64. The Morgan fingerprint density at radius 3 is 2.63 bits per heavy atom. The molecule has 154 valence electrons. The first-order valence-corrected chi connectivity index (χ1v) is 11.3. The highest BCUT2D eigenvalue weighted by Gasteiger charge is 2.27. The second-order valence-electron chi connectivity index (χ2n) is 7.35. The van der Waals surface area contributed by atoms with E-state index < -0.39 is 5.97 Å². The smallest absolute Gasteiger partial charge is 0.339 e. The third-order valence-electron chi connectivity index (χ3n) is 4.97. The summed E-state index contributed by atoms with van der Waals surface area (Å²) in [7, 11) is 0. The molecule has 0 aliphatic heterocycles. The molecule has 1 fully saturated rings. The molecule has 2 aromatic carbocycles. The molecule has 1 amide bonds. The van der Waals surface area contributed by atoms with Gasteiger partial charge in [0.05, 0.1) is 11.1 Å². The average Bonchev–Trinajstić information content (AvgIpc) is 3.63. The van der Waals surface area contributed by atoms with Gasteiger partial charge in [-0.05, 0) is 30.5 Å². The van der Waals surface area contributed by atoms with E-state index >= 15 is 0 Å². The molecule has 0 atom stereocenters. The number of carbonyl (C=O) groups is 2. The highest BCUT2D eigenvalue weighted by molar-refractivity contribution is 7.98. The summed E-state index contributed by atoms with van der Waals surface area (Å²) in [5.74, 6) is 1.37. The minimum atomic E-state index is -0.482. The first-order chi connectivity index (χ1) is 14.7. The van der Waals surface area contributed by atoms with Crippen LogP contribution in [0.3, 0.4) is 0 Å². The lowest BCUT2D eigenvalue weighted by Gasteiger charge is -2.10. The fourth-order valence-corrected chi connectivity index (χ4v) is 4.06. The number of hydrogen-bond acceptors (Lipinski definition) is 5. The van der Waals surface area contributed by atoms with Gasteiger partial charge in [0.1, 0.15) is 0 Å². The zero-order valence-corrected chi connectivity index (χ0v) is 17.5. The van der Waals surface area contributed by atoms with Crippen LogP contribution < -0.4 is 5.32 Å². The molecule has 6 heteroatoms. The highest BCUT2D eigenvalue weighted by atomic mass is 32.2. The second kappa shape index (κ2) is 9.76. The SMILES string of the molecule is O=C(COC(=O)c1cc(C2CC2)nc2ccccc12)NCCSCc1ccccc1. The van der Waals surface area contributed by atoms with Gasteiger partial charge in [-0.15, -0.1) is 0 Å². The van der Waals surface area contributed by atoms with E-state index in [1.807, 2.05) is 48.5 Å². The molecular formula is C24H24N2O3S. The first-order valence-electron chi connectivity index (χ1n) is 10.2. The van der Waals surface area contributed by atoms with Crippen molar-refractivity contribution in [2.45, 2.75) is 24.5 Å². The fraction of sp³-hybridized carbons (Fsp3) is 0.292. The lowest BCUT2D eigenvalue weighted by molar-refractivity contribution is -0.124. The average molecular weight is 421 g/mol. The molecule has 30 heavy (non-hydrogen) atoms. The molecule has 0 bridgehead atoms. The van der Waals surface area contributed by atoms with E-state index in [0.717, 1.165) is 40.9 Å². The number of esters is 1. The number of aromatic nitrogens is 1. The molecule has 0 unspecified atom stereocenters. The number of nitrogens with zero attached hydrogens (tertiary/aromatic N) is 1. The summed E-state index contributed by atoms with van der Waals surface area (Å²) in [6, 6.07) is 19.6. The van der Waals surface area contributed by atoms with Crippen molar-refractivity contribution < 1.29 is 14.3 Å². The van der Waals surface area contributed by atoms with Crippen LogP contribution in [-0.4, -0.2) is 35.8 Å². The van der Waals surface area contributed by atoms with Crippen molar-refractivity contribution in [1.29, 1.82) is 0 Å². The molecule has 1 heterocycles. The predicted octanol–water partition coefficient (Wildman–Crippen LogP) is 4.32. The highest BCUT2D eigenvalue weighted by Crippen LogP contribution is 2.40. The van der Waals surface area contributed by atoms with Gasteiger partial charge in [0, 0.05) is 35.0 Å². The topological polar surface area (TPSA) is 68.3 Å². The fourth-order valence-electron chi connectivity index (χ4n) is 3.24. The molecule has 1 saturated carbocycles. The van der Waals surface area contributed by atoms with Gasteiger partial charge in [-0.3, -0.25) is 9.78 Å². The van der Waals surface area contributed by atoms with Gasteiger partial charge in [0.25, 0.3) is 5.91 Å². The molecule has 1 aromatic heterocycles. The van der Waals surface area contributed by atoms with Crippen LogP contribution >= 0.6 is 11.8 Å². The normalized spacial score (nSPS) is 13.2. The zero-order valence-electron chi connectivity index (χ0n) is 16.7. The maximum absolute atomic E-state index is 12.7. The zero-order chi connectivity index (χ0) is 20.8. The Morgan fingerprint density at radius 1 is 1.07 bits per heavy atom. The van der Waals surface area contributed by atoms with Crippen molar-refractivity contribution in [2.75, 3.05) is 18.9 Å². The van der Waals surface area contributed by atoms with Crippen molar-refractivity contribution in [3.8, 4) is 0 Å². The number of amides is 1. The molecule has 1 aliphatic carbocycles. The minimum absolute atomic E-state index is 0.280. The van der Waals surface area contributed by atoms with Crippen molar-refractivity contribution in [3.05, 3.63) is 77.5 Å². The number of rotatable bonds is 9. The Labute approximate surface area is 180 Å². The molecule has 3 aromatic rings. The summed E-state index contributed by atoms with van der Waals surface area (Å²) >= 11 is 1.75. The molecule has 4 rings (SSSR count). The number of hydrogen-bond donors (Lipinski definition) is 1. The second-order valence-corrected chi connectivity index (χ2v) is 8.46. The van der Waals surface area contributed by atoms with E-state index in [-0.39, 0.29) is 12.5 Å². The van der Waals surface area contributed by atoms with Crippen LogP contribution in [0.5, 0.6) is 0 Å². The Morgan fingerprint density at radius 2 is 1.83 bits per heavy atom. The van der Waals surface area contributed by atoms with Gasteiger partial charge in [-0.1, -0.05) is 48.5 Å². The number of carbonyl (C=O) groups excluding carboxylic acids is 2. The number of nitrogens with one attached hydrogen (secondary N) is 1. The molecule has 1 N–H and O–H groups in total. The van der Waals surface area contributed by atoms with Crippen LogP contribution in [0.25, 0.3) is 10.9 Å². The van der Waals surface area contributed by atoms with Gasteiger partial charge in [-0.2, -0.15) is 11.8 Å². The summed E-state index contributed by atoms with van der Waals surface area (Å²) in [6.07, 6.45) is 2.20.